The van der Waals surface area contributed by atoms with Gasteiger partial charge in [0.2, 0.25) is 11.7 Å². The van der Waals surface area contributed by atoms with Crippen molar-refractivity contribution in [2.24, 2.45) is 0 Å². The predicted molar refractivity (Wildman–Crippen MR) is 247 cm³/mol. The van der Waals surface area contributed by atoms with Crippen molar-refractivity contribution >= 4 is 78.6 Å². The summed E-state index contributed by atoms with van der Waals surface area (Å²) in [6, 6.07) is 75.4. The molecule has 0 amide bonds. The molecule has 0 saturated heterocycles. The van der Waals surface area contributed by atoms with Crippen LogP contribution in [0.3, 0.4) is 0 Å². The standard InChI is InChI=1S/C53H35N5OSi/c1-4-19-37(20-5-1)60(38-21-6-2-7-22-38,39-23-8-3-9-24-39)40-25-16-18-36(34-40)45-35-46(43-28-17-27-42-41-26-10-15-33-50(41)59-51(42)43)55-52(54-45)58-49-32-14-13-31-48(49)57-47-30-12-11-29-44(47)56-53(57)58/h1-35H. The summed E-state index contributed by atoms with van der Waals surface area (Å²) in [7, 11) is -2.83. The van der Waals surface area contributed by atoms with E-state index in [1.165, 1.54) is 20.7 Å². The third-order valence-electron chi connectivity index (χ3n) is 11.9. The zero-order valence-corrected chi connectivity index (χ0v) is 33.4. The van der Waals surface area contributed by atoms with Gasteiger partial charge in [-0.1, -0.05) is 170 Å². The third kappa shape index (κ3) is 5.16. The molecule has 4 aromatic heterocycles. The maximum absolute atomic E-state index is 6.63. The molecule has 0 atom stereocenters. The summed E-state index contributed by atoms with van der Waals surface area (Å²) in [6.45, 7) is 0. The average Bonchev–Trinajstić information content (AvgIpc) is 3.99. The van der Waals surface area contributed by atoms with E-state index in [1.807, 2.05) is 18.2 Å². The summed E-state index contributed by atoms with van der Waals surface area (Å²) in [4.78, 5) is 16.1. The maximum atomic E-state index is 6.63. The van der Waals surface area contributed by atoms with Crippen LogP contribution in [0.4, 0.5) is 0 Å². The molecule has 12 rings (SSSR count). The van der Waals surface area contributed by atoms with Crippen LogP contribution in [0.25, 0.3) is 78.2 Å². The summed E-state index contributed by atoms with van der Waals surface area (Å²) in [6.07, 6.45) is 0. The fraction of sp³-hybridized carbons (Fsp3) is 0. The molecule has 0 radical (unpaired) electrons. The van der Waals surface area contributed by atoms with Crippen LogP contribution in [0, 0.1) is 0 Å². The fourth-order valence-corrected chi connectivity index (χ4v) is 14.1. The van der Waals surface area contributed by atoms with Gasteiger partial charge in [-0.15, -0.1) is 0 Å². The summed E-state index contributed by atoms with van der Waals surface area (Å²) in [5.74, 6) is 1.28. The van der Waals surface area contributed by atoms with Gasteiger partial charge in [-0.05, 0) is 63.2 Å². The highest BCUT2D eigenvalue weighted by molar-refractivity contribution is 7.19. The van der Waals surface area contributed by atoms with Crippen LogP contribution < -0.4 is 20.7 Å². The highest BCUT2D eigenvalue weighted by atomic mass is 28.3. The lowest BCUT2D eigenvalue weighted by Gasteiger charge is -2.34. The number of hydrogen-bond acceptors (Lipinski definition) is 4. The predicted octanol–water partition coefficient (Wildman–Crippen LogP) is 9.83. The van der Waals surface area contributed by atoms with E-state index in [2.05, 4.69) is 203 Å². The van der Waals surface area contributed by atoms with E-state index in [4.69, 9.17) is 19.4 Å². The third-order valence-corrected chi connectivity index (χ3v) is 16.7. The van der Waals surface area contributed by atoms with Crippen molar-refractivity contribution in [2.45, 2.75) is 0 Å². The molecule has 0 fully saturated rings. The minimum absolute atomic E-state index is 0.528. The number of nitrogens with zero attached hydrogens (tertiary/aromatic N) is 5. The van der Waals surface area contributed by atoms with Crippen molar-refractivity contribution in [3.8, 4) is 28.5 Å². The molecule has 6 nitrogen and oxygen atoms in total. The zero-order chi connectivity index (χ0) is 39.6. The highest BCUT2D eigenvalue weighted by Crippen LogP contribution is 2.37. The summed E-state index contributed by atoms with van der Waals surface area (Å²) in [5, 5.41) is 7.32. The molecular weight excluding hydrogens is 751 g/mol. The Balaban J connectivity index is 1.16. The van der Waals surface area contributed by atoms with Crippen molar-refractivity contribution in [2.75, 3.05) is 0 Å². The Kier molecular flexibility index (Phi) is 7.76. The molecule has 0 aliphatic rings. The van der Waals surface area contributed by atoms with Gasteiger partial charge >= 0.3 is 0 Å². The first-order valence-electron chi connectivity index (χ1n) is 20.2. The number of imidazole rings is 2. The minimum Gasteiger partial charge on any atom is -0.455 e. The molecule has 0 bridgehead atoms. The molecular formula is C53H35N5OSi. The molecule has 0 saturated carbocycles. The van der Waals surface area contributed by atoms with E-state index >= 15 is 0 Å². The van der Waals surface area contributed by atoms with E-state index in [-0.39, 0.29) is 0 Å². The molecule has 7 heteroatoms. The van der Waals surface area contributed by atoms with Crippen LogP contribution in [0.2, 0.25) is 0 Å². The van der Waals surface area contributed by atoms with Crippen molar-refractivity contribution in [1.82, 2.24) is 23.9 Å². The number of rotatable bonds is 7. The number of hydrogen-bond donors (Lipinski definition) is 0. The largest absolute Gasteiger partial charge is 0.455 e. The van der Waals surface area contributed by atoms with Crippen LogP contribution in [-0.4, -0.2) is 32.0 Å². The first-order valence-corrected chi connectivity index (χ1v) is 22.2. The molecule has 0 spiro atoms. The van der Waals surface area contributed by atoms with Crippen LogP contribution in [-0.2, 0) is 0 Å². The average molecular weight is 786 g/mol. The number of benzene rings is 8. The SMILES string of the molecule is c1ccc([Si](c2ccccc2)(c2ccccc2)c2cccc(-c3cc(-c4cccc5c4oc4ccccc45)nc(-n4c5ccccc5n5c6ccccc6nc45)n3)c2)cc1. The number of aromatic nitrogens is 5. The van der Waals surface area contributed by atoms with Crippen molar-refractivity contribution in [1.29, 1.82) is 0 Å². The monoisotopic (exact) mass is 785 g/mol. The van der Waals surface area contributed by atoms with Gasteiger partial charge < -0.3 is 4.42 Å². The normalized spacial score (nSPS) is 12.0. The van der Waals surface area contributed by atoms with Crippen LogP contribution in [0.1, 0.15) is 0 Å². The Morgan fingerprint density at radius 2 is 0.983 bits per heavy atom. The van der Waals surface area contributed by atoms with Crippen molar-refractivity contribution in [3.05, 3.63) is 212 Å². The van der Waals surface area contributed by atoms with Crippen LogP contribution >= 0.6 is 0 Å². The second-order valence-corrected chi connectivity index (χ2v) is 19.0. The van der Waals surface area contributed by atoms with Crippen LogP contribution in [0.5, 0.6) is 0 Å². The molecule has 4 heterocycles. The van der Waals surface area contributed by atoms with Crippen LogP contribution in [0.15, 0.2) is 217 Å². The van der Waals surface area contributed by atoms with Crippen molar-refractivity contribution in [3.63, 3.8) is 0 Å². The van der Waals surface area contributed by atoms with Gasteiger partial charge in [0.05, 0.1) is 33.5 Å². The number of furan rings is 1. The van der Waals surface area contributed by atoms with Gasteiger partial charge in [0.1, 0.15) is 11.2 Å². The number of para-hydroxylation sites is 6. The lowest BCUT2D eigenvalue weighted by molar-refractivity contribution is 0.670. The second-order valence-electron chi connectivity index (χ2n) is 15.2. The maximum Gasteiger partial charge on any atom is 0.238 e. The van der Waals surface area contributed by atoms with Gasteiger partial charge in [0.25, 0.3) is 0 Å². The molecule has 282 valence electrons. The molecule has 60 heavy (non-hydrogen) atoms. The summed E-state index contributed by atoms with van der Waals surface area (Å²) >= 11 is 0. The van der Waals surface area contributed by atoms with Gasteiger partial charge in [-0.25, -0.2) is 19.5 Å². The topological polar surface area (TPSA) is 61.2 Å². The van der Waals surface area contributed by atoms with E-state index in [1.54, 1.807) is 0 Å². The number of fused-ring (bicyclic) bond motifs is 8. The van der Waals surface area contributed by atoms with Gasteiger partial charge in [-0.3, -0.25) is 4.40 Å². The summed E-state index contributed by atoms with van der Waals surface area (Å²) < 4.78 is 10.9. The Morgan fingerprint density at radius 3 is 1.72 bits per heavy atom. The lowest BCUT2D eigenvalue weighted by Crippen LogP contribution is -2.74. The van der Waals surface area contributed by atoms with E-state index in [0.29, 0.717) is 5.95 Å². The first-order chi connectivity index (χ1) is 29.8. The molecule has 12 aromatic rings. The quantitative estimate of drug-likeness (QED) is 0.119. The molecule has 0 N–H and O–H groups in total. The second kappa shape index (κ2) is 13.6. The van der Waals surface area contributed by atoms with Gasteiger partial charge in [0, 0.05) is 21.9 Å². The molecule has 0 unspecified atom stereocenters. The Morgan fingerprint density at radius 1 is 0.417 bits per heavy atom. The fourth-order valence-electron chi connectivity index (χ4n) is 9.29. The minimum atomic E-state index is -2.83. The smallest absolute Gasteiger partial charge is 0.238 e. The Labute approximate surface area is 346 Å². The Hall–Kier alpha value is -7.87. The van der Waals surface area contributed by atoms with Gasteiger partial charge in [-0.2, -0.15) is 0 Å². The molecule has 0 aliphatic carbocycles. The van der Waals surface area contributed by atoms with Gasteiger partial charge in [0.15, 0.2) is 8.07 Å². The zero-order valence-electron chi connectivity index (χ0n) is 32.4. The van der Waals surface area contributed by atoms with E-state index < -0.39 is 8.07 Å². The first kappa shape index (κ1) is 34.2. The highest BCUT2D eigenvalue weighted by Gasteiger charge is 2.41. The van der Waals surface area contributed by atoms with Crippen molar-refractivity contribution < 1.29 is 4.42 Å². The Bertz CT molecular complexity index is 3460. The summed E-state index contributed by atoms with van der Waals surface area (Å²) in [5.41, 5.74) is 9.02. The van der Waals surface area contributed by atoms with E-state index in [9.17, 15) is 0 Å². The molecule has 0 aliphatic heterocycles. The van der Waals surface area contributed by atoms with E-state index in [0.717, 1.165) is 72.3 Å². The molecule has 8 aromatic carbocycles. The lowest BCUT2D eigenvalue weighted by atomic mass is 10.0.